The van der Waals surface area contributed by atoms with Crippen LogP contribution in [0, 0.1) is 0 Å². The molecule has 1 saturated heterocycles. The van der Waals surface area contributed by atoms with Crippen LogP contribution in [0.2, 0.25) is 5.02 Å². The maximum Gasteiger partial charge on any atom is 0.328 e. The number of piperidine rings is 1. The Morgan fingerprint density at radius 2 is 2.13 bits per heavy atom. The molecule has 1 amide bonds. The third-order valence-electron chi connectivity index (χ3n) is 4.72. The molecule has 0 radical (unpaired) electrons. The lowest BCUT2D eigenvalue weighted by Crippen LogP contribution is -2.43. The minimum Gasteiger partial charge on any atom is -0.478 e. The zero-order valence-electron chi connectivity index (χ0n) is 16.8. The summed E-state index contributed by atoms with van der Waals surface area (Å²) in [6.45, 7) is 2.38. The summed E-state index contributed by atoms with van der Waals surface area (Å²) >= 11 is 7.75. The summed E-state index contributed by atoms with van der Waals surface area (Å²) in [6, 6.07) is 5.66. The Bertz CT molecular complexity index is 817. The Labute approximate surface area is 184 Å². The summed E-state index contributed by atoms with van der Waals surface area (Å²) in [6.07, 6.45) is 1.76. The summed E-state index contributed by atoms with van der Waals surface area (Å²) < 4.78 is 4.99. The van der Waals surface area contributed by atoms with Gasteiger partial charge >= 0.3 is 11.9 Å². The summed E-state index contributed by atoms with van der Waals surface area (Å²) in [5.41, 5.74) is 6.79. The number of aliphatic carboxylic acids is 1. The van der Waals surface area contributed by atoms with Crippen molar-refractivity contribution in [2.24, 2.45) is 5.73 Å². The highest BCUT2D eigenvalue weighted by molar-refractivity contribution is 8.00. The van der Waals surface area contributed by atoms with E-state index in [1.165, 1.54) is 18.9 Å². The largest absolute Gasteiger partial charge is 0.478 e. The number of likely N-dealkylation sites (tertiary alicyclic amines) is 1. The van der Waals surface area contributed by atoms with Gasteiger partial charge in [-0.15, -0.1) is 11.8 Å². The summed E-state index contributed by atoms with van der Waals surface area (Å²) in [5, 5.41) is 12.3. The Hall–Kier alpha value is -2.07. The lowest BCUT2D eigenvalue weighted by atomic mass is 9.98. The van der Waals surface area contributed by atoms with E-state index < -0.39 is 24.0 Å². The Morgan fingerprint density at radius 1 is 1.43 bits per heavy atom. The molecule has 8 nitrogen and oxygen atoms in total. The Balaban J connectivity index is 2.20. The highest BCUT2D eigenvalue weighted by Gasteiger charge is 2.35. The lowest BCUT2D eigenvalue weighted by molar-refractivity contribution is -0.147. The number of nitrogens with one attached hydrogen (secondary N) is 1. The number of hydrogen-bond acceptors (Lipinski definition) is 7. The number of benzene rings is 1. The molecule has 1 aliphatic heterocycles. The number of amides is 1. The minimum atomic E-state index is -1.07. The number of hydrogen-bond donors (Lipinski definition) is 3. The second-order valence-electron chi connectivity index (χ2n) is 6.89. The number of esters is 1. The van der Waals surface area contributed by atoms with E-state index in [4.69, 9.17) is 22.1 Å². The van der Waals surface area contributed by atoms with E-state index in [1.807, 2.05) is 4.90 Å². The van der Waals surface area contributed by atoms with Crippen LogP contribution in [-0.4, -0.2) is 65.2 Å². The van der Waals surface area contributed by atoms with Crippen LogP contribution in [0.5, 0.6) is 0 Å². The van der Waals surface area contributed by atoms with Crippen LogP contribution >= 0.6 is 23.4 Å². The van der Waals surface area contributed by atoms with E-state index in [2.05, 4.69) is 5.32 Å². The van der Waals surface area contributed by atoms with Crippen molar-refractivity contribution in [3.63, 3.8) is 0 Å². The predicted octanol–water partition coefficient (Wildman–Crippen LogP) is 1.79. The van der Waals surface area contributed by atoms with Gasteiger partial charge in [-0.2, -0.15) is 0 Å². The second-order valence-corrected chi connectivity index (χ2v) is 8.49. The van der Waals surface area contributed by atoms with Crippen LogP contribution < -0.4 is 11.1 Å². The first-order valence-corrected chi connectivity index (χ1v) is 10.8. The number of carboxylic acid groups (broad SMARTS) is 1. The molecule has 10 heteroatoms. The molecule has 1 aliphatic rings. The fraction of sp³-hybridized carbons (Fsp3) is 0.450. The van der Waals surface area contributed by atoms with Crippen molar-refractivity contribution in [3.05, 3.63) is 46.5 Å². The first kappa shape index (κ1) is 24.2. The molecule has 0 spiro atoms. The maximum absolute atomic E-state index is 12.6. The van der Waals surface area contributed by atoms with Gasteiger partial charge in [0.25, 0.3) is 0 Å². The van der Waals surface area contributed by atoms with Crippen LogP contribution in [0.15, 0.2) is 35.9 Å². The van der Waals surface area contributed by atoms with Gasteiger partial charge in [-0.05, 0) is 30.5 Å². The number of carbonyl (C=O) groups excluding carboxylic acids is 2. The highest BCUT2D eigenvalue weighted by Crippen LogP contribution is 2.35. The van der Waals surface area contributed by atoms with E-state index in [0.29, 0.717) is 35.0 Å². The summed E-state index contributed by atoms with van der Waals surface area (Å²) in [4.78, 5) is 37.4. The molecule has 0 aliphatic carbocycles. The molecule has 164 valence electrons. The number of ether oxygens (including phenoxy) is 1. The normalized spacial score (nSPS) is 20.4. The standard InChI is InChI=1S/C20H26ClN3O5S/c1-12(22)19(27)23-11-30-16-7-8-24(10-13(16)9-17(25)26)18(20(28)29-2)14-5-3-4-6-15(14)21/h3-6,9,12,16,18H,7-8,10-11,22H2,1-2H3,(H,23,27)(H,25,26)/b13-9-/t12?,16?,18-/m0/s1. The first-order chi connectivity index (χ1) is 14.2. The first-order valence-electron chi connectivity index (χ1n) is 9.39. The second kappa shape index (κ2) is 11.4. The van der Waals surface area contributed by atoms with Gasteiger partial charge in [-0.25, -0.2) is 9.59 Å². The molecular weight excluding hydrogens is 430 g/mol. The van der Waals surface area contributed by atoms with Crippen molar-refractivity contribution in [1.82, 2.24) is 10.2 Å². The van der Waals surface area contributed by atoms with E-state index in [1.54, 1.807) is 31.2 Å². The van der Waals surface area contributed by atoms with Crippen LogP contribution in [-0.2, 0) is 19.1 Å². The van der Waals surface area contributed by atoms with Crippen molar-refractivity contribution < 1.29 is 24.2 Å². The average molecular weight is 456 g/mol. The van der Waals surface area contributed by atoms with Crippen molar-refractivity contribution in [3.8, 4) is 0 Å². The van der Waals surface area contributed by atoms with Crippen molar-refractivity contribution in [2.75, 3.05) is 26.1 Å². The zero-order chi connectivity index (χ0) is 22.3. The lowest BCUT2D eigenvalue weighted by Gasteiger charge is -2.38. The zero-order valence-corrected chi connectivity index (χ0v) is 18.4. The van der Waals surface area contributed by atoms with Gasteiger partial charge in [0.05, 0.1) is 19.0 Å². The Morgan fingerprint density at radius 3 is 2.73 bits per heavy atom. The molecular formula is C20H26ClN3O5S. The number of rotatable bonds is 8. The van der Waals surface area contributed by atoms with Crippen molar-refractivity contribution in [1.29, 1.82) is 0 Å². The number of thioether (sulfide) groups is 1. The predicted molar refractivity (Wildman–Crippen MR) is 116 cm³/mol. The minimum absolute atomic E-state index is 0.115. The van der Waals surface area contributed by atoms with E-state index in [0.717, 1.165) is 6.08 Å². The molecule has 1 aromatic rings. The number of nitrogens with zero attached hydrogens (tertiary/aromatic N) is 1. The van der Waals surface area contributed by atoms with E-state index in [-0.39, 0.29) is 17.7 Å². The molecule has 2 rings (SSSR count). The number of carbonyl (C=O) groups is 3. The van der Waals surface area contributed by atoms with Gasteiger partial charge in [0.15, 0.2) is 0 Å². The number of nitrogens with two attached hydrogens (primary N) is 1. The maximum atomic E-state index is 12.6. The monoisotopic (exact) mass is 455 g/mol. The third-order valence-corrected chi connectivity index (χ3v) is 6.32. The van der Waals surface area contributed by atoms with Gasteiger partial charge in [-0.3, -0.25) is 9.69 Å². The molecule has 0 aromatic heterocycles. The SMILES string of the molecule is COC(=O)[C@H](c1ccccc1Cl)N1CCC(SCNC(=O)C(C)N)/C(=C\C(=O)O)C1. The van der Waals surface area contributed by atoms with Crippen molar-refractivity contribution >= 4 is 41.2 Å². The quantitative estimate of drug-likeness (QED) is 0.308. The number of halogens is 1. The Kier molecular flexibility index (Phi) is 9.16. The molecule has 1 fully saturated rings. The number of methoxy groups -OCH3 is 1. The summed E-state index contributed by atoms with van der Waals surface area (Å²) in [5.74, 6) is -1.49. The molecule has 30 heavy (non-hydrogen) atoms. The van der Waals surface area contributed by atoms with Crippen molar-refractivity contribution in [2.45, 2.75) is 30.7 Å². The molecule has 3 atom stereocenters. The number of carboxylic acids is 1. The van der Waals surface area contributed by atoms with E-state index in [9.17, 15) is 19.5 Å². The molecule has 2 unspecified atom stereocenters. The fourth-order valence-electron chi connectivity index (χ4n) is 3.25. The molecule has 0 saturated carbocycles. The van der Waals surface area contributed by atoms with Gasteiger partial charge in [0.1, 0.15) is 6.04 Å². The van der Waals surface area contributed by atoms with Crippen LogP contribution in [0.3, 0.4) is 0 Å². The summed E-state index contributed by atoms with van der Waals surface area (Å²) in [7, 11) is 1.31. The molecule has 1 aromatic carbocycles. The van der Waals surface area contributed by atoms with Crippen LogP contribution in [0.25, 0.3) is 0 Å². The van der Waals surface area contributed by atoms with Gasteiger partial charge in [-0.1, -0.05) is 29.8 Å². The average Bonchev–Trinajstić information content (AvgIpc) is 2.70. The third kappa shape index (κ3) is 6.46. The van der Waals surface area contributed by atoms with E-state index >= 15 is 0 Å². The van der Waals surface area contributed by atoms with Gasteiger partial charge in [0.2, 0.25) is 5.91 Å². The van der Waals surface area contributed by atoms with Gasteiger partial charge in [0, 0.05) is 29.4 Å². The van der Waals surface area contributed by atoms with Crippen LogP contribution in [0.4, 0.5) is 0 Å². The van der Waals surface area contributed by atoms with Crippen LogP contribution in [0.1, 0.15) is 24.9 Å². The topological polar surface area (TPSA) is 122 Å². The van der Waals surface area contributed by atoms with Gasteiger partial charge < -0.3 is 20.9 Å². The smallest absolute Gasteiger partial charge is 0.328 e. The fourth-order valence-corrected chi connectivity index (χ4v) is 4.54. The highest BCUT2D eigenvalue weighted by atomic mass is 35.5. The molecule has 4 N–H and O–H groups in total. The molecule has 1 heterocycles. The molecule has 0 bridgehead atoms.